The summed E-state index contributed by atoms with van der Waals surface area (Å²) in [6.07, 6.45) is 2.31. The summed E-state index contributed by atoms with van der Waals surface area (Å²) in [6, 6.07) is 0.442. The summed E-state index contributed by atoms with van der Waals surface area (Å²) in [6.45, 7) is 3.07. The standard InChI is InChI=1S/C18H17F3N4O3S/c1-17-4-3-11(9-12(17)15(22-29-17)24-5-7-28-8-6-24)25-14(26)10-13(18(19,20)21)23(2)16(25)27/h3,5,7,9-10H,4,6,8H2,1-2H3. The molecule has 0 amide bonds. The number of amidine groups is 1. The van der Waals surface area contributed by atoms with Gasteiger partial charge in [-0.25, -0.2) is 9.36 Å². The molecule has 0 spiro atoms. The van der Waals surface area contributed by atoms with Crippen LogP contribution in [0.4, 0.5) is 13.2 Å². The molecule has 0 saturated heterocycles. The number of rotatable bonds is 1. The third-order valence-electron chi connectivity index (χ3n) is 5.07. The van der Waals surface area contributed by atoms with Crippen molar-refractivity contribution in [3.05, 3.63) is 62.8 Å². The minimum atomic E-state index is -4.80. The second-order valence-corrected chi connectivity index (χ2v) is 8.29. The Morgan fingerprint density at radius 1 is 1.31 bits per heavy atom. The summed E-state index contributed by atoms with van der Waals surface area (Å²) in [4.78, 5) is 26.9. The molecule has 2 aliphatic heterocycles. The second-order valence-electron chi connectivity index (χ2n) is 7.02. The van der Waals surface area contributed by atoms with Gasteiger partial charge >= 0.3 is 11.9 Å². The highest BCUT2D eigenvalue weighted by atomic mass is 32.2. The lowest BCUT2D eigenvalue weighted by Gasteiger charge is -2.31. The van der Waals surface area contributed by atoms with E-state index in [4.69, 9.17) is 4.74 Å². The normalized spacial score (nSPS) is 23.9. The number of hydrogen-bond acceptors (Lipinski definition) is 6. The number of nitrogens with zero attached hydrogens (tertiary/aromatic N) is 4. The summed E-state index contributed by atoms with van der Waals surface area (Å²) >= 11 is 1.38. The van der Waals surface area contributed by atoms with Crippen molar-refractivity contribution in [3.8, 4) is 0 Å². The molecule has 1 aromatic heterocycles. The first-order valence-corrected chi connectivity index (χ1v) is 9.54. The van der Waals surface area contributed by atoms with E-state index in [1.165, 1.54) is 11.9 Å². The Kier molecular flexibility index (Phi) is 4.52. The zero-order valence-electron chi connectivity index (χ0n) is 15.6. The number of fused-ring (bicyclic) bond motifs is 1. The zero-order chi connectivity index (χ0) is 21.0. The molecule has 3 aliphatic rings. The lowest BCUT2D eigenvalue weighted by molar-refractivity contribution is -0.144. The molecule has 0 N–H and O–H groups in total. The molecule has 1 aromatic rings. The van der Waals surface area contributed by atoms with Crippen LogP contribution in [0.15, 0.2) is 50.2 Å². The fraction of sp³-hybridized carbons (Fsp3) is 0.389. The van der Waals surface area contributed by atoms with E-state index in [0.29, 0.717) is 36.0 Å². The van der Waals surface area contributed by atoms with Crippen LogP contribution < -0.4 is 11.2 Å². The Bertz CT molecular complexity index is 1110. The Balaban J connectivity index is 1.80. The largest absolute Gasteiger partial charge is 0.498 e. The molecule has 11 heteroatoms. The SMILES string of the molecule is Cn1c(C(F)(F)F)cc(=O)n(C2=CCC3(C)SN=C(N4C=COCC4)C3=C2)c1=O. The molecule has 3 heterocycles. The molecule has 0 bridgehead atoms. The number of allylic oxidation sites excluding steroid dienone is 3. The van der Waals surface area contributed by atoms with Crippen LogP contribution in [0, 0.1) is 0 Å². The summed E-state index contributed by atoms with van der Waals surface area (Å²) < 4.78 is 49.8. The fourth-order valence-electron chi connectivity index (χ4n) is 3.43. The van der Waals surface area contributed by atoms with Crippen LogP contribution in [-0.4, -0.2) is 37.8 Å². The molecule has 4 rings (SSSR count). The highest BCUT2D eigenvalue weighted by Gasteiger charge is 2.42. The van der Waals surface area contributed by atoms with E-state index in [1.54, 1.807) is 24.6 Å². The van der Waals surface area contributed by atoms with E-state index in [0.717, 1.165) is 17.2 Å². The molecule has 0 radical (unpaired) electrons. The molecule has 1 unspecified atom stereocenters. The predicted octanol–water partition coefficient (Wildman–Crippen LogP) is 2.36. The molecule has 154 valence electrons. The molecule has 7 nitrogen and oxygen atoms in total. The summed E-state index contributed by atoms with van der Waals surface area (Å²) in [5.74, 6) is 0.680. The Labute approximate surface area is 167 Å². The van der Waals surface area contributed by atoms with E-state index >= 15 is 0 Å². The number of hydrogen-bond donors (Lipinski definition) is 0. The van der Waals surface area contributed by atoms with Gasteiger partial charge in [0, 0.05) is 24.9 Å². The molecule has 0 saturated carbocycles. The average Bonchev–Trinajstić information content (AvgIpc) is 3.01. The number of halogens is 3. The van der Waals surface area contributed by atoms with Crippen molar-refractivity contribution in [1.29, 1.82) is 0 Å². The van der Waals surface area contributed by atoms with Crippen LogP contribution in [0.2, 0.25) is 0 Å². The van der Waals surface area contributed by atoms with Gasteiger partial charge in [-0.05, 0) is 31.4 Å². The van der Waals surface area contributed by atoms with Gasteiger partial charge in [-0.2, -0.15) is 17.6 Å². The maximum absolute atomic E-state index is 13.1. The Hall–Kier alpha value is -2.69. The van der Waals surface area contributed by atoms with Crippen LogP contribution >= 0.6 is 11.9 Å². The summed E-state index contributed by atoms with van der Waals surface area (Å²) in [5, 5.41) is 0. The van der Waals surface area contributed by atoms with Crippen LogP contribution in [0.5, 0.6) is 0 Å². The van der Waals surface area contributed by atoms with Gasteiger partial charge in [-0.3, -0.25) is 9.36 Å². The van der Waals surface area contributed by atoms with Crippen LogP contribution in [0.3, 0.4) is 0 Å². The van der Waals surface area contributed by atoms with Gasteiger partial charge in [0.2, 0.25) is 0 Å². The van der Waals surface area contributed by atoms with Crippen molar-refractivity contribution >= 4 is 23.5 Å². The average molecular weight is 426 g/mol. The highest BCUT2D eigenvalue weighted by molar-refractivity contribution is 8.00. The predicted molar refractivity (Wildman–Crippen MR) is 103 cm³/mol. The Morgan fingerprint density at radius 2 is 2.07 bits per heavy atom. The smallest absolute Gasteiger partial charge is 0.431 e. The van der Waals surface area contributed by atoms with Gasteiger partial charge in [0.25, 0.3) is 5.56 Å². The quantitative estimate of drug-likeness (QED) is 0.645. The maximum atomic E-state index is 13.1. The maximum Gasteiger partial charge on any atom is 0.431 e. The van der Waals surface area contributed by atoms with E-state index in [9.17, 15) is 22.8 Å². The topological polar surface area (TPSA) is 68.8 Å². The monoisotopic (exact) mass is 426 g/mol. The van der Waals surface area contributed by atoms with Crippen molar-refractivity contribution in [3.63, 3.8) is 0 Å². The van der Waals surface area contributed by atoms with E-state index in [1.807, 2.05) is 11.8 Å². The first-order chi connectivity index (χ1) is 13.6. The zero-order valence-corrected chi connectivity index (χ0v) is 16.4. The van der Waals surface area contributed by atoms with Crippen molar-refractivity contribution in [1.82, 2.24) is 14.0 Å². The van der Waals surface area contributed by atoms with Crippen molar-refractivity contribution in [2.45, 2.75) is 24.3 Å². The van der Waals surface area contributed by atoms with Gasteiger partial charge in [-0.15, -0.1) is 0 Å². The second kappa shape index (κ2) is 6.68. The summed E-state index contributed by atoms with van der Waals surface area (Å²) in [5.41, 5.74) is -2.31. The van der Waals surface area contributed by atoms with Gasteiger partial charge in [-0.1, -0.05) is 6.08 Å². The highest BCUT2D eigenvalue weighted by Crippen LogP contribution is 2.47. The minimum Gasteiger partial charge on any atom is -0.498 e. The van der Waals surface area contributed by atoms with Gasteiger partial charge in [0.15, 0.2) is 0 Å². The van der Waals surface area contributed by atoms with Crippen LogP contribution in [0.1, 0.15) is 19.0 Å². The number of alkyl halides is 3. The van der Waals surface area contributed by atoms with Crippen molar-refractivity contribution < 1.29 is 17.9 Å². The van der Waals surface area contributed by atoms with Crippen molar-refractivity contribution in [2.24, 2.45) is 11.4 Å². The first-order valence-electron chi connectivity index (χ1n) is 8.76. The van der Waals surface area contributed by atoms with E-state index in [-0.39, 0.29) is 10.4 Å². The Morgan fingerprint density at radius 3 is 2.72 bits per heavy atom. The lowest BCUT2D eigenvalue weighted by atomic mass is 9.89. The number of aromatic nitrogens is 2. The molecule has 29 heavy (non-hydrogen) atoms. The van der Waals surface area contributed by atoms with Gasteiger partial charge < -0.3 is 9.64 Å². The summed E-state index contributed by atoms with van der Waals surface area (Å²) in [7, 11) is 0.999. The first kappa shape index (κ1) is 19.6. The van der Waals surface area contributed by atoms with Crippen LogP contribution in [0.25, 0.3) is 5.70 Å². The molecular formula is C18H17F3N4O3S. The molecule has 1 atom stereocenters. The fourth-order valence-corrected chi connectivity index (χ4v) is 4.33. The van der Waals surface area contributed by atoms with E-state index in [2.05, 4.69) is 4.40 Å². The van der Waals surface area contributed by atoms with Crippen molar-refractivity contribution in [2.75, 3.05) is 13.2 Å². The van der Waals surface area contributed by atoms with Crippen LogP contribution in [-0.2, 0) is 18.0 Å². The lowest BCUT2D eigenvalue weighted by Crippen LogP contribution is -2.42. The van der Waals surface area contributed by atoms with E-state index < -0.39 is 23.1 Å². The molecule has 0 fully saturated rings. The minimum absolute atomic E-state index is 0.240. The third kappa shape index (κ3) is 3.22. The molecule has 1 aliphatic carbocycles. The molecule has 0 aromatic carbocycles. The van der Waals surface area contributed by atoms with Gasteiger partial charge in [0.1, 0.15) is 18.1 Å². The third-order valence-corrected chi connectivity index (χ3v) is 6.12. The van der Waals surface area contributed by atoms with Gasteiger partial charge in [0.05, 0.1) is 23.3 Å². The number of ether oxygens (including phenoxy) is 1. The molecular weight excluding hydrogens is 409 g/mol.